The molecule has 1 aliphatic heterocycles. The number of aromatic nitrogens is 3. The van der Waals surface area contributed by atoms with Crippen molar-refractivity contribution in [2.24, 2.45) is 0 Å². The van der Waals surface area contributed by atoms with E-state index in [9.17, 15) is 9.59 Å². The van der Waals surface area contributed by atoms with Gasteiger partial charge >= 0.3 is 6.03 Å². The van der Waals surface area contributed by atoms with Crippen LogP contribution >= 0.6 is 11.3 Å². The summed E-state index contributed by atoms with van der Waals surface area (Å²) in [5.74, 6) is -0.0536. The molecule has 0 spiro atoms. The second-order valence-corrected chi connectivity index (χ2v) is 5.19. The van der Waals surface area contributed by atoms with Crippen LogP contribution in [0.25, 0.3) is 10.7 Å². The first-order chi connectivity index (χ1) is 9.72. The Kier molecular flexibility index (Phi) is 3.33. The quantitative estimate of drug-likeness (QED) is 0.661. The minimum absolute atomic E-state index is 0.0536. The van der Waals surface area contributed by atoms with Crippen molar-refractivity contribution in [2.75, 3.05) is 11.9 Å². The average Bonchev–Trinajstić information content (AvgIpc) is 3.10. The van der Waals surface area contributed by atoms with Gasteiger partial charge < -0.3 is 16.0 Å². The van der Waals surface area contributed by atoms with Gasteiger partial charge in [0, 0.05) is 24.5 Å². The van der Waals surface area contributed by atoms with Crippen LogP contribution in [0.5, 0.6) is 0 Å². The van der Waals surface area contributed by atoms with Crippen LogP contribution in [-0.4, -0.2) is 39.7 Å². The minimum atomic E-state index is -0.370. The van der Waals surface area contributed by atoms with Crippen molar-refractivity contribution in [3.63, 3.8) is 0 Å². The van der Waals surface area contributed by atoms with E-state index in [0.717, 1.165) is 5.01 Å². The smallest absolute Gasteiger partial charge is 0.319 e. The Labute approximate surface area is 118 Å². The number of hydrogen-bond donors (Lipinski definition) is 4. The molecule has 104 valence electrons. The molecule has 9 heteroatoms. The van der Waals surface area contributed by atoms with Crippen LogP contribution in [0, 0.1) is 0 Å². The van der Waals surface area contributed by atoms with Gasteiger partial charge in [0.1, 0.15) is 10.7 Å². The number of urea groups is 1. The van der Waals surface area contributed by atoms with E-state index in [1.165, 1.54) is 17.5 Å². The molecule has 0 aromatic carbocycles. The third kappa shape index (κ3) is 2.62. The molecule has 2 aromatic heterocycles. The molecule has 1 fully saturated rings. The van der Waals surface area contributed by atoms with Crippen molar-refractivity contribution in [3.8, 4) is 10.7 Å². The number of rotatable bonds is 3. The zero-order valence-electron chi connectivity index (χ0n) is 10.3. The molecule has 1 aliphatic rings. The molecule has 1 saturated heterocycles. The van der Waals surface area contributed by atoms with Gasteiger partial charge in [-0.1, -0.05) is 0 Å². The number of nitrogens with one attached hydrogen (secondary N) is 4. The molecule has 3 rings (SSSR count). The summed E-state index contributed by atoms with van der Waals surface area (Å²) in [6.45, 7) is 0.455. The third-order valence-corrected chi connectivity index (χ3v) is 3.64. The number of anilines is 1. The predicted octanol–water partition coefficient (Wildman–Crippen LogP) is 0.543. The zero-order valence-corrected chi connectivity index (χ0v) is 11.2. The Morgan fingerprint density at radius 3 is 3.10 bits per heavy atom. The van der Waals surface area contributed by atoms with Crippen LogP contribution in [0.4, 0.5) is 10.5 Å². The molecule has 3 heterocycles. The van der Waals surface area contributed by atoms with Crippen molar-refractivity contribution in [2.45, 2.75) is 12.5 Å². The van der Waals surface area contributed by atoms with E-state index in [-0.39, 0.29) is 18.0 Å². The van der Waals surface area contributed by atoms with Crippen molar-refractivity contribution >= 4 is 29.0 Å². The maximum Gasteiger partial charge on any atom is 0.319 e. The number of amides is 3. The van der Waals surface area contributed by atoms with Gasteiger partial charge in [0.05, 0.1) is 17.9 Å². The zero-order chi connectivity index (χ0) is 13.9. The van der Waals surface area contributed by atoms with Gasteiger partial charge in [0.25, 0.3) is 0 Å². The van der Waals surface area contributed by atoms with E-state index in [4.69, 9.17) is 0 Å². The summed E-state index contributed by atoms with van der Waals surface area (Å²) >= 11 is 1.45. The highest BCUT2D eigenvalue weighted by Crippen LogP contribution is 2.26. The number of nitrogens with zero attached hydrogens (tertiary/aromatic N) is 2. The lowest BCUT2D eigenvalue weighted by Gasteiger charge is -2.11. The van der Waals surface area contributed by atoms with Gasteiger partial charge in [-0.05, 0) is 0 Å². The number of hydrogen-bond acceptors (Lipinski definition) is 5. The molecule has 4 N–H and O–H groups in total. The van der Waals surface area contributed by atoms with Crippen molar-refractivity contribution < 1.29 is 9.59 Å². The molecule has 0 radical (unpaired) electrons. The first-order valence-electron chi connectivity index (χ1n) is 6.00. The lowest BCUT2D eigenvalue weighted by molar-refractivity contribution is -0.119. The van der Waals surface area contributed by atoms with Crippen LogP contribution in [0.2, 0.25) is 0 Å². The number of aromatic amines is 1. The first kappa shape index (κ1) is 12.6. The van der Waals surface area contributed by atoms with Gasteiger partial charge in [0.2, 0.25) is 5.91 Å². The molecule has 1 atom stereocenters. The number of carbonyl (C=O) groups excluding carboxylic acids is 2. The third-order valence-electron chi connectivity index (χ3n) is 2.85. The summed E-state index contributed by atoms with van der Waals surface area (Å²) in [4.78, 5) is 27.1. The van der Waals surface area contributed by atoms with Gasteiger partial charge in [-0.3, -0.25) is 9.89 Å². The van der Waals surface area contributed by atoms with Crippen LogP contribution < -0.4 is 16.0 Å². The fraction of sp³-hybridized carbons (Fsp3) is 0.273. The maximum absolute atomic E-state index is 11.9. The van der Waals surface area contributed by atoms with E-state index >= 15 is 0 Å². The molecule has 20 heavy (non-hydrogen) atoms. The highest BCUT2D eigenvalue weighted by Gasteiger charge is 2.23. The topological polar surface area (TPSA) is 112 Å². The average molecular weight is 292 g/mol. The second kappa shape index (κ2) is 5.29. The standard InChI is InChI=1S/C11H12N6O2S/c18-8-3-6(4-13-8)15-11(19)16-7-5-14-17-9(7)10-12-1-2-20-10/h1-2,5-6H,3-4H2,(H,13,18)(H,14,17)(H2,15,16,19). The van der Waals surface area contributed by atoms with Crippen LogP contribution in [0.3, 0.4) is 0 Å². The SMILES string of the molecule is O=C1CC(NC(=O)Nc2cn[nH]c2-c2nccs2)CN1. The summed E-state index contributed by atoms with van der Waals surface area (Å²) in [7, 11) is 0. The van der Waals surface area contributed by atoms with Crippen molar-refractivity contribution in [3.05, 3.63) is 17.8 Å². The van der Waals surface area contributed by atoms with Crippen LogP contribution in [-0.2, 0) is 4.79 Å². The van der Waals surface area contributed by atoms with Crippen LogP contribution in [0.1, 0.15) is 6.42 Å². The first-order valence-corrected chi connectivity index (χ1v) is 6.88. The summed E-state index contributed by atoms with van der Waals surface area (Å²) in [5.41, 5.74) is 1.21. The minimum Gasteiger partial charge on any atom is -0.354 e. The van der Waals surface area contributed by atoms with Gasteiger partial charge in [0.15, 0.2) is 0 Å². The number of H-pyrrole nitrogens is 1. The van der Waals surface area contributed by atoms with Crippen molar-refractivity contribution in [1.82, 2.24) is 25.8 Å². The Morgan fingerprint density at radius 1 is 1.50 bits per heavy atom. The molecule has 1 unspecified atom stereocenters. The lowest BCUT2D eigenvalue weighted by atomic mass is 10.2. The molecule has 0 bridgehead atoms. The summed E-state index contributed by atoms with van der Waals surface area (Å²) < 4.78 is 0. The monoisotopic (exact) mass is 292 g/mol. The molecule has 2 aromatic rings. The Bertz CT molecular complexity index is 623. The Hall–Kier alpha value is -2.42. The molecule has 3 amide bonds. The highest BCUT2D eigenvalue weighted by atomic mass is 32.1. The highest BCUT2D eigenvalue weighted by molar-refractivity contribution is 7.13. The molecule has 0 saturated carbocycles. The molecule has 8 nitrogen and oxygen atoms in total. The summed E-state index contributed by atoms with van der Waals surface area (Å²) in [6, 6.07) is -0.552. The van der Waals surface area contributed by atoms with E-state index in [2.05, 4.69) is 31.1 Å². The molecular formula is C11H12N6O2S. The normalized spacial score (nSPS) is 17.8. The fourth-order valence-corrected chi connectivity index (χ4v) is 2.59. The van der Waals surface area contributed by atoms with E-state index in [0.29, 0.717) is 24.3 Å². The van der Waals surface area contributed by atoms with Gasteiger partial charge in [-0.15, -0.1) is 11.3 Å². The van der Waals surface area contributed by atoms with Crippen LogP contribution in [0.15, 0.2) is 17.8 Å². The largest absolute Gasteiger partial charge is 0.354 e. The Balaban J connectivity index is 1.65. The predicted molar refractivity (Wildman–Crippen MR) is 73.3 cm³/mol. The second-order valence-electron chi connectivity index (χ2n) is 4.30. The number of carbonyl (C=O) groups is 2. The van der Waals surface area contributed by atoms with Gasteiger partial charge in [-0.25, -0.2) is 9.78 Å². The molecule has 0 aliphatic carbocycles. The van der Waals surface area contributed by atoms with E-state index in [1.54, 1.807) is 6.20 Å². The fourth-order valence-electron chi connectivity index (χ4n) is 1.94. The van der Waals surface area contributed by atoms with Crippen molar-refractivity contribution in [1.29, 1.82) is 0 Å². The summed E-state index contributed by atoms with van der Waals surface area (Å²) in [6.07, 6.45) is 3.51. The van der Waals surface area contributed by atoms with Gasteiger partial charge in [-0.2, -0.15) is 5.10 Å². The van der Waals surface area contributed by atoms with E-state index in [1.807, 2.05) is 5.38 Å². The lowest BCUT2D eigenvalue weighted by Crippen LogP contribution is -2.39. The summed E-state index contributed by atoms with van der Waals surface area (Å²) in [5, 5.41) is 17.4. The van der Waals surface area contributed by atoms with E-state index < -0.39 is 0 Å². The number of thiazole rings is 1. The molecular weight excluding hydrogens is 280 g/mol. The maximum atomic E-state index is 11.9. The Morgan fingerprint density at radius 2 is 2.40 bits per heavy atom.